The monoisotopic (exact) mass is 565 g/mol. The lowest BCUT2D eigenvalue weighted by Gasteiger charge is -2.34. The van der Waals surface area contributed by atoms with Gasteiger partial charge in [-0.05, 0) is 61.6 Å². The summed E-state index contributed by atoms with van der Waals surface area (Å²) in [5.74, 6) is -2.24. The quantitative estimate of drug-likeness (QED) is 0.311. The number of aliphatic hydroxyl groups excluding tert-OH is 1. The van der Waals surface area contributed by atoms with E-state index in [1.54, 1.807) is 18.1 Å². The minimum absolute atomic E-state index is 0.0183. The van der Waals surface area contributed by atoms with Crippen molar-refractivity contribution in [3.63, 3.8) is 0 Å². The zero-order valence-corrected chi connectivity index (χ0v) is 23.7. The zero-order chi connectivity index (χ0) is 29.1. The van der Waals surface area contributed by atoms with Gasteiger partial charge in [-0.3, -0.25) is 19.2 Å². The number of nitrogens with one attached hydrogen (secondary N) is 4. The summed E-state index contributed by atoms with van der Waals surface area (Å²) in [4.78, 5) is 58.0. The molecule has 2 aliphatic carbocycles. The maximum atomic E-state index is 13.9. The molecule has 4 aliphatic rings. The molecule has 2 aliphatic heterocycles. The summed E-state index contributed by atoms with van der Waals surface area (Å²) in [7, 11) is 1.58. The number of piperidine rings is 2. The molecule has 0 bridgehead atoms. The van der Waals surface area contributed by atoms with Gasteiger partial charge in [-0.15, -0.1) is 0 Å². The lowest BCUT2D eigenvalue weighted by atomic mass is 9.84. The first-order chi connectivity index (χ1) is 19.6. The number of carbonyl (C=O) groups excluding carboxylic acids is 4. The Balaban J connectivity index is 1.24. The molecule has 41 heavy (non-hydrogen) atoms. The van der Waals surface area contributed by atoms with Gasteiger partial charge in [0.25, 0.3) is 5.91 Å². The van der Waals surface area contributed by atoms with E-state index in [2.05, 4.69) is 34.8 Å². The minimum atomic E-state index is -1.60. The molecule has 1 aromatic carbocycles. The predicted molar refractivity (Wildman–Crippen MR) is 150 cm³/mol. The fraction of sp³-hybridized carbons (Fsp3) is 0.600. The van der Waals surface area contributed by atoms with E-state index < -0.39 is 35.9 Å². The fourth-order valence-corrected chi connectivity index (χ4v) is 6.93. The molecule has 6 atom stereocenters. The summed E-state index contributed by atoms with van der Waals surface area (Å²) in [6, 6.07) is 7.34. The lowest BCUT2D eigenvalue weighted by Crippen LogP contribution is -2.55. The maximum Gasteiger partial charge on any atom is 0.271 e. The molecule has 0 radical (unpaired) electrons. The van der Waals surface area contributed by atoms with E-state index in [0.29, 0.717) is 31.0 Å². The van der Waals surface area contributed by atoms with Crippen molar-refractivity contribution >= 4 is 34.5 Å². The van der Waals surface area contributed by atoms with Crippen LogP contribution in [0, 0.1) is 29.1 Å². The molecule has 2 aromatic rings. The number of ether oxygens (including phenoxy) is 1. The number of fused-ring (bicyclic) bond motifs is 2. The molecule has 4 fully saturated rings. The number of aliphatic hydroxyl groups is 1. The maximum absolute atomic E-state index is 13.9. The highest BCUT2D eigenvalue weighted by atomic mass is 16.5. The lowest BCUT2D eigenvalue weighted by molar-refractivity contribution is -0.143. The summed E-state index contributed by atoms with van der Waals surface area (Å²) in [5, 5.41) is 20.5. The Kier molecular flexibility index (Phi) is 6.96. The average Bonchev–Trinajstić information content (AvgIpc) is 3.72. The van der Waals surface area contributed by atoms with Gasteiger partial charge in [-0.25, -0.2) is 0 Å². The Morgan fingerprint density at radius 3 is 2.66 bits per heavy atom. The Bertz CT molecular complexity index is 1380. The number of nitrogens with zero attached hydrogens (tertiary/aromatic N) is 1. The first-order valence-electron chi connectivity index (χ1n) is 14.6. The number of carbonyl (C=O) groups is 4. The van der Waals surface area contributed by atoms with Crippen LogP contribution in [-0.2, 0) is 14.4 Å². The molecular weight excluding hydrogens is 526 g/mol. The summed E-state index contributed by atoms with van der Waals surface area (Å²) in [6.45, 7) is 5.31. The molecule has 11 nitrogen and oxygen atoms in total. The van der Waals surface area contributed by atoms with Crippen molar-refractivity contribution in [3.8, 4) is 5.75 Å². The highest BCUT2D eigenvalue weighted by Crippen LogP contribution is 2.64. The molecule has 4 amide bonds. The van der Waals surface area contributed by atoms with Crippen molar-refractivity contribution < 1.29 is 29.0 Å². The molecule has 2 saturated heterocycles. The number of hydrogen-bond acceptors (Lipinski definition) is 6. The molecular formula is C30H39N5O6. The van der Waals surface area contributed by atoms with E-state index in [1.807, 2.05) is 18.2 Å². The van der Waals surface area contributed by atoms with Gasteiger partial charge >= 0.3 is 0 Å². The van der Waals surface area contributed by atoms with E-state index in [-0.39, 0.29) is 41.5 Å². The van der Waals surface area contributed by atoms with Crippen LogP contribution in [-0.4, -0.2) is 77.1 Å². The number of H-pyrrole nitrogens is 1. The van der Waals surface area contributed by atoms with Gasteiger partial charge in [0.15, 0.2) is 0 Å². The Labute approximate surface area is 238 Å². The molecule has 0 spiro atoms. The second-order valence-electron chi connectivity index (χ2n) is 12.7. The first-order valence-corrected chi connectivity index (χ1v) is 14.6. The number of likely N-dealkylation sites (tertiary alicyclic amines) is 1. The second kappa shape index (κ2) is 10.3. The summed E-state index contributed by atoms with van der Waals surface area (Å²) >= 11 is 0. The van der Waals surface area contributed by atoms with Crippen molar-refractivity contribution in [1.82, 2.24) is 25.8 Å². The molecule has 11 heteroatoms. The first kappa shape index (κ1) is 27.6. The third kappa shape index (κ3) is 5.05. The van der Waals surface area contributed by atoms with E-state index in [0.717, 1.165) is 30.2 Å². The minimum Gasteiger partial charge on any atom is -0.496 e. The van der Waals surface area contributed by atoms with Crippen LogP contribution < -0.4 is 20.7 Å². The van der Waals surface area contributed by atoms with Crippen molar-refractivity contribution in [3.05, 3.63) is 30.0 Å². The summed E-state index contributed by atoms with van der Waals surface area (Å²) < 4.78 is 5.45. The number of benzene rings is 1. The fourth-order valence-electron chi connectivity index (χ4n) is 6.93. The highest BCUT2D eigenvalue weighted by molar-refractivity contribution is 6.00. The standard InChI is InChI=1S/C30H39N5O6/c1-30(2)19-14-35(29(40)21-13-17-20(33-21)7-4-8-22(17)41-3)25(23(19)30)34-27(38)18(12-15-6-5-11-31-26(15)37)24(36)28(39)32-16-9-10-16/h4,7-8,13,15-16,18-19,23-25,33,36H,5-6,9-12,14H2,1-3H3,(H,31,37)(H,32,39)(H,34,38)/t15-,18-,19-,23-,24?,25-/m0/s1. The number of aromatic nitrogens is 1. The number of aromatic amines is 1. The van der Waals surface area contributed by atoms with E-state index in [9.17, 15) is 24.3 Å². The van der Waals surface area contributed by atoms with Crippen molar-refractivity contribution in [2.24, 2.45) is 29.1 Å². The van der Waals surface area contributed by atoms with Crippen LogP contribution in [0.1, 0.15) is 56.4 Å². The van der Waals surface area contributed by atoms with Crippen LogP contribution in [0.5, 0.6) is 5.75 Å². The summed E-state index contributed by atoms with van der Waals surface area (Å²) in [5.41, 5.74) is 1.09. The van der Waals surface area contributed by atoms with Gasteiger partial charge in [0.05, 0.1) is 13.0 Å². The highest BCUT2D eigenvalue weighted by Gasteiger charge is 2.68. The molecule has 6 rings (SSSR count). The third-order valence-electron chi connectivity index (χ3n) is 9.68. The van der Waals surface area contributed by atoms with Crippen molar-refractivity contribution in [2.75, 3.05) is 20.2 Å². The van der Waals surface area contributed by atoms with Gasteiger partial charge in [0.2, 0.25) is 17.7 Å². The second-order valence-corrected chi connectivity index (χ2v) is 12.7. The molecule has 1 aromatic heterocycles. The Hall–Kier alpha value is -3.60. The van der Waals surface area contributed by atoms with E-state index in [1.165, 1.54) is 0 Å². The summed E-state index contributed by atoms with van der Waals surface area (Å²) in [6.07, 6.45) is 0.894. The van der Waals surface area contributed by atoms with Gasteiger partial charge in [-0.2, -0.15) is 0 Å². The third-order valence-corrected chi connectivity index (χ3v) is 9.68. The Morgan fingerprint density at radius 1 is 1.17 bits per heavy atom. The predicted octanol–water partition coefficient (Wildman–Crippen LogP) is 1.52. The number of hydrogen-bond donors (Lipinski definition) is 5. The van der Waals surface area contributed by atoms with Crippen LogP contribution in [0.15, 0.2) is 24.3 Å². The van der Waals surface area contributed by atoms with Crippen LogP contribution in [0.4, 0.5) is 0 Å². The molecule has 2 saturated carbocycles. The molecule has 3 heterocycles. The van der Waals surface area contributed by atoms with Gasteiger partial charge in [0.1, 0.15) is 23.7 Å². The SMILES string of the molecule is COc1cccc2[nH]c(C(=O)N3C[C@H]4[C@@H]([C@H]3NC(=O)[C@@H](C[C@@H]3CCCNC3=O)C(O)C(=O)NC3CC3)C4(C)C)cc12. The normalized spacial score (nSPS) is 27.9. The number of methoxy groups -OCH3 is 1. The van der Waals surface area contributed by atoms with Crippen LogP contribution in [0.3, 0.4) is 0 Å². The molecule has 5 N–H and O–H groups in total. The van der Waals surface area contributed by atoms with Crippen molar-refractivity contribution in [1.29, 1.82) is 0 Å². The number of amides is 4. The van der Waals surface area contributed by atoms with Crippen LogP contribution in [0.25, 0.3) is 10.9 Å². The van der Waals surface area contributed by atoms with Gasteiger partial charge < -0.3 is 35.7 Å². The van der Waals surface area contributed by atoms with Crippen LogP contribution >= 0.6 is 0 Å². The smallest absolute Gasteiger partial charge is 0.271 e. The zero-order valence-electron chi connectivity index (χ0n) is 23.7. The molecule has 1 unspecified atom stereocenters. The van der Waals surface area contributed by atoms with Crippen LogP contribution in [0.2, 0.25) is 0 Å². The van der Waals surface area contributed by atoms with Gasteiger partial charge in [0, 0.05) is 41.9 Å². The van der Waals surface area contributed by atoms with Gasteiger partial charge in [-0.1, -0.05) is 19.9 Å². The van der Waals surface area contributed by atoms with E-state index >= 15 is 0 Å². The topological polar surface area (TPSA) is 153 Å². The van der Waals surface area contributed by atoms with Crippen molar-refractivity contribution in [2.45, 2.75) is 64.3 Å². The largest absolute Gasteiger partial charge is 0.496 e. The average molecular weight is 566 g/mol. The number of rotatable bonds is 9. The molecule has 220 valence electrons. The van der Waals surface area contributed by atoms with E-state index in [4.69, 9.17) is 4.74 Å². The Morgan fingerprint density at radius 2 is 1.95 bits per heavy atom.